The molecule has 124 valence electrons. The second kappa shape index (κ2) is 5.31. The number of hydrogen-bond donors (Lipinski definition) is 0. The molecule has 5 heteroatoms. The molecule has 3 atom stereocenters. The van der Waals surface area contributed by atoms with Gasteiger partial charge in [-0.3, -0.25) is 9.59 Å². The Balaban J connectivity index is 2.02. The first-order chi connectivity index (χ1) is 10.4. The second-order valence-electron chi connectivity index (χ2n) is 7.16. The molecule has 0 aromatic heterocycles. The highest BCUT2D eigenvalue weighted by Gasteiger charge is 2.68. The molecule has 5 nitrogen and oxygen atoms in total. The molecule has 1 saturated heterocycles. The highest BCUT2D eigenvalue weighted by Crippen LogP contribution is 2.62. The zero-order valence-corrected chi connectivity index (χ0v) is 13.8. The molecule has 3 rings (SSSR count). The highest BCUT2D eigenvalue weighted by molar-refractivity contribution is 6.04. The maximum absolute atomic E-state index is 12.7. The van der Waals surface area contributed by atoms with Crippen molar-refractivity contribution in [1.82, 2.24) is 0 Å². The Labute approximate surface area is 131 Å². The van der Waals surface area contributed by atoms with E-state index in [0.717, 1.165) is 19.3 Å². The number of esters is 1. The van der Waals surface area contributed by atoms with Gasteiger partial charge in [0.05, 0.1) is 19.8 Å². The van der Waals surface area contributed by atoms with Crippen LogP contribution in [0.5, 0.6) is 0 Å². The molecular formula is C17H26O5. The lowest BCUT2D eigenvalue weighted by Crippen LogP contribution is -2.64. The third-order valence-electron chi connectivity index (χ3n) is 6.24. The summed E-state index contributed by atoms with van der Waals surface area (Å²) in [7, 11) is 0. The lowest BCUT2D eigenvalue weighted by atomic mass is 9.48. The fourth-order valence-electron chi connectivity index (χ4n) is 4.99. The van der Waals surface area contributed by atoms with E-state index < -0.39 is 11.2 Å². The van der Waals surface area contributed by atoms with Gasteiger partial charge in [-0.15, -0.1) is 0 Å². The first kappa shape index (κ1) is 15.9. The van der Waals surface area contributed by atoms with Crippen molar-refractivity contribution in [1.29, 1.82) is 0 Å². The second-order valence-corrected chi connectivity index (χ2v) is 7.16. The average Bonchev–Trinajstić information content (AvgIpc) is 2.96. The summed E-state index contributed by atoms with van der Waals surface area (Å²) in [6.45, 7) is 7.15. The van der Waals surface area contributed by atoms with Crippen LogP contribution < -0.4 is 0 Å². The van der Waals surface area contributed by atoms with Crippen LogP contribution in [0.15, 0.2) is 0 Å². The first-order valence-electron chi connectivity index (χ1n) is 8.39. The van der Waals surface area contributed by atoms with Gasteiger partial charge >= 0.3 is 5.97 Å². The topological polar surface area (TPSA) is 61.8 Å². The Bertz CT molecular complexity index is 481. The van der Waals surface area contributed by atoms with Crippen molar-refractivity contribution < 1.29 is 23.8 Å². The van der Waals surface area contributed by atoms with Gasteiger partial charge in [0.15, 0.2) is 5.79 Å². The van der Waals surface area contributed by atoms with Gasteiger partial charge in [0.2, 0.25) is 0 Å². The lowest BCUT2D eigenvalue weighted by Gasteiger charge is -2.58. The highest BCUT2D eigenvalue weighted by atomic mass is 16.7. The number of carbonyl (C=O) groups excluding carboxylic acids is 2. The maximum atomic E-state index is 12.7. The van der Waals surface area contributed by atoms with Crippen molar-refractivity contribution in [3.8, 4) is 0 Å². The SMILES string of the molecule is CCOC(=O)[C@@]1(C)C(=O)CC[C@]2(C)C1CCCC21OCCO1. The van der Waals surface area contributed by atoms with E-state index in [1.54, 1.807) is 13.8 Å². The quantitative estimate of drug-likeness (QED) is 0.579. The van der Waals surface area contributed by atoms with Crippen LogP contribution in [-0.2, 0) is 23.8 Å². The molecule has 1 unspecified atom stereocenters. The largest absolute Gasteiger partial charge is 0.465 e. The molecule has 22 heavy (non-hydrogen) atoms. The molecule has 2 aliphatic carbocycles. The molecule has 0 aromatic rings. The van der Waals surface area contributed by atoms with Gasteiger partial charge in [-0.2, -0.15) is 0 Å². The summed E-state index contributed by atoms with van der Waals surface area (Å²) in [6, 6.07) is 0. The fraction of sp³-hybridized carbons (Fsp3) is 0.882. The number of carbonyl (C=O) groups is 2. The van der Waals surface area contributed by atoms with Crippen molar-refractivity contribution in [3.05, 3.63) is 0 Å². The van der Waals surface area contributed by atoms with Crippen LogP contribution in [0.1, 0.15) is 52.9 Å². The average molecular weight is 310 g/mol. The zero-order chi connectivity index (χ0) is 16.0. The summed E-state index contributed by atoms with van der Waals surface area (Å²) >= 11 is 0. The number of fused-ring (bicyclic) bond motifs is 2. The van der Waals surface area contributed by atoms with Gasteiger partial charge in [0.25, 0.3) is 0 Å². The molecule has 3 fully saturated rings. The summed E-state index contributed by atoms with van der Waals surface area (Å²) in [5.74, 6) is -1.11. The van der Waals surface area contributed by atoms with E-state index in [1.165, 1.54) is 0 Å². The molecule has 1 aliphatic heterocycles. The smallest absolute Gasteiger partial charge is 0.319 e. The number of ether oxygens (including phenoxy) is 3. The van der Waals surface area contributed by atoms with Crippen LogP contribution in [0.4, 0.5) is 0 Å². The molecular weight excluding hydrogens is 284 g/mol. The molecule has 0 bridgehead atoms. The molecule has 0 aromatic carbocycles. The van der Waals surface area contributed by atoms with Gasteiger partial charge in [-0.05, 0) is 39.0 Å². The minimum atomic E-state index is -1.08. The van der Waals surface area contributed by atoms with Crippen LogP contribution in [0.2, 0.25) is 0 Å². The summed E-state index contributed by atoms with van der Waals surface area (Å²) in [4.78, 5) is 25.3. The van der Waals surface area contributed by atoms with E-state index in [0.29, 0.717) is 32.7 Å². The zero-order valence-electron chi connectivity index (χ0n) is 13.8. The van der Waals surface area contributed by atoms with Crippen molar-refractivity contribution in [3.63, 3.8) is 0 Å². The maximum Gasteiger partial charge on any atom is 0.319 e. The predicted octanol–water partition coefficient (Wildman–Crippen LogP) is 2.47. The Hall–Kier alpha value is -0.940. The van der Waals surface area contributed by atoms with Crippen LogP contribution in [0.25, 0.3) is 0 Å². The lowest BCUT2D eigenvalue weighted by molar-refractivity contribution is -0.285. The first-order valence-corrected chi connectivity index (χ1v) is 8.39. The van der Waals surface area contributed by atoms with Crippen molar-refractivity contribution in [2.75, 3.05) is 19.8 Å². The van der Waals surface area contributed by atoms with Crippen molar-refractivity contribution >= 4 is 11.8 Å². The number of rotatable bonds is 2. The Morgan fingerprint density at radius 3 is 2.59 bits per heavy atom. The van der Waals surface area contributed by atoms with E-state index in [4.69, 9.17) is 14.2 Å². The van der Waals surface area contributed by atoms with E-state index in [9.17, 15) is 9.59 Å². The molecule has 1 spiro atoms. The normalized spacial score (nSPS) is 40.5. The van der Waals surface area contributed by atoms with Gasteiger partial charge in [0, 0.05) is 18.3 Å². The molecule has 3 aliphatic rings. The minimum Gasteiger partial charge on any atom is -0.465 e. The third-order valence-corrected chi connectivity index (χ3v) is 6.24. The Kier molecular flexibility index (Phi) is 3.84. The third kappa shape index (κ3) is 1.91. The molecule has 0 radical (unpaired) electrons. The predicted molar refractivity (Wildman–Crippen MR) is 79.1 cm³/mol. The van der Waals surface area contributed by atoms with Crippen molar-refractivity contribution in [2.24, 2.45) is 16.7 Å². The summed E-state index contributed by atoms with van der Waals surface area (Å²) < 4.78 is 17.3. The van der Waals surface area contributed by atoms with Crippen LogP contribution in [0, 0.1) is 16.7 Å². The molecule has 2 saturated carbocycles. The number of hydrogen-bond acceptors (Lipinski definition) is 5. The van der Waals surface area contributed by atoms with Crippen LogP contribution in [-0.4, -0.2) is 37.4 Å². The molecule has 1 heterocycles. The van der Waals surface area contributed by atoms with E-state index >= 15 is 0 Å². The van der Waals surface area contributed by atoms with Gasteiger partial charge in [-0.1, -0.05) is 6.92 Å². The van der Waals surface area contributed by atoms with E-state index in [2.05, 4.69) is 6.92 Å². The van der Waals surface area contributed by atoms with Crippen LogP contribution in [0.3, 0.4) is 0 Å². The monoisotopic (exact) mass is 310 g/mol. The molecule has 0 amide bonds. The summed E-state index contributed by atoms with van der Waals surface area (Å²) in [6.07, 6.45) is 3.68. The Morgan fingerprint density at radius 2 is 1.95 bits per heavy atom. The van der Waals surface area contributed by atoms with Gasteiger partial charge < -0.3 is 14.2 Å². The fourth-order valence-corrected chi connectivity index (χ4v) is 4.99. The van der Waals surface area contributed by atoms with Crippen LogP contribution >= 0.6 is 0 Å². The van der Waals surface area contributed by atoms with Crippen molar-refractivity contribution in [2.45, 2.75) is 58.7 Å². The summed E-state index contributed by atoms with van der Waals surface area (Å²) in [5, 5.41) is 0. The Morgan fingerprint density at radius 1 is 1.27 bits per heavy atom. The number of ketones is 1. The summed E-state index contributed by atoms with van der Waals surface area (Å²) in [5.41, 5.74) is -1.40. The van der Waals surface area contributed by atoms with Gasteiger partial charge in [-0.25, -0.2) is 0 Å². The van der Waals surface area contributed by atoms with Gasteiger partial charge in [0.1, 0.15) is 11.2 Å². The standard InChI is InChI=1S/C17H26O5/c1-4-20-14(19)16(3)12-6-5-8-17(21-10-11-22-17)15(12,2)9-7-13(16)18/h12H,4-11H2,1-3H3/t12?,15-,16-/m1/s1. The van der Waals surface area contributed by atoms with E-state index in [-0.39, 0.29) is 23.1 Å². The van der Waals surface area contributed by atoms with E-state index in [1.807, 2.05) is 0 Å². The minimum absolute atomic E-state index is 0.00321. The molecule has 0 N–H and O–H groups in total. The number of Topliss-reactive ketones (excluding diaryl/α,β-unsaturated/α-hetero) is 1.